The highest BCUT2D eigenvalue weighted by atomic mass is 32.2. The Morgan fingerprint density at radius 3 is 2.53 bits per heavy atom. The van der Waals surface area contributed by atoms with Crippen molar-refractivity contribution in [3.8, 4) is 0 Å². The lowest BCUT2D eigenvalue weighted by Crippen LogP contribution is -2.29. The molecule has 1 rings (SSSR count). The van der Waals surface area contributed by atoms with Crippen LogP contribution in [0, 0.1) is 5.82 Å². The number of hydrogen-bond acceptors (Lipinski definition) is 3. The summed E-state index contributed by atoms with van der Waals surface area (Å²) in [4.78, 5) is 0. The normalized spacial score (nSPS) is 11.7. The maximum atomic E-state index is 12.8. The Bertz CT molecular complexity index is 459. The predicted molar refractivity (Wildman–Crippen MR) is 57.0 cm³/mol. The van der Waals surface area contributed by atoms with Crippen molar-refractivity contribution in [1.82, 2.24) is 4.31 Å². The van der Waals surface area contributed by atoms with E-state index in [0.29, 0.717) is 0 Å². The molecule has 15 heavy (non-hydrogen) atoms. The van der Waals surface area contributed by atoms with Crippen LogP contribution in [0.15, 0.2) is 18.2 Å². The summed E-state index contributed by atoms with van der Waals surface area (Å²) in [5.41, 5.74) is 5.68. The molecule has 0 atom stereocenters. The molecular formula is C8H12FN3O2S. The third-order valence-electron chi connectivity index (χ3n) is 1.73. The molecule has 0 radical (unpaired) electrons. The van der Waals surface area contributed by atoms with Gasteiger partial charge in [-0.15, -0.1) is 0 Å². The van der Waals surface area contributed by atoms with E-state index < -0.39 is 16.0 Å². The van der Waals surface area contributed by atoms with Gasteiger partial charge < -0.3 is 5.73 Å². The maximum absolute atomic E-state index is 12.8. The molecule has 1 aromatic rings. The first kappa shape index (κ1) is 11.7. The summed E-state index contributed by atoms with van der Waals surface area (Å²) < 4.78 is 38.7. The van der Waals surface area contributed by atoms with Crippen LogP contribution in [0.2, 0.25) is 0 Å². The first-order valence-corrected chi connectivity index (χ1v) is 5.52. The van der Waals surface area contributed by atoms with Gasteiger partial charge in [-0.25, -0.2) is 4.39 Å². The van der Waals surface area contributed by atoms with Crippen molar-refractivity contribution in [2.45, 2.75) is 0 Å². The number of nitrogens with zero attached hydrogens (tertiary/aromatic N) is 1. The van der Waals surface area contributed by atoms with Crippen LogP contribution in [0.25, 0.3) is 0 Å². The number of rotatable bonds is 3. The zero-order valence-corrected chi connectivity index (χ0v) is 9.18. The van der Waals surface area contributed by atoms with E-state index in [1.54, 1.807) is 0 Å². The van der Waals surface area contributed by atoms with E-state index in [4.69, 9.17) is 5.73 Å². The standard InChI is InChI=1S/C8H12FN3O2S/c1-12(2)15(13,14)11-8-5-6(9)3-4-7(8)10/h3-5,11H,10H2,1-2H3. The lowest BCUT2D eigenvalue weighted by Gasteiger charge is -2.14. The van der Waals surface area contributed by atoms with Gasteiger partial charge in [0.2, 0.25) is 0 Å². The number of halogens is 1. The highest BCUT2D eigenvalue weighted by Gasteiger charge is 2.14. The molecule has 0 heterocycles. The number of anilines is 2. The first-order chi connectivity index (χ1) is 6.83. The molecule has 0 aliphatic carbocycles. The second kappa shape index (κ2) is 4.03. The molecule has 0 aliphatic rings. The summed E-state index contributed by atoms with van der Waals surface area (Å²) in [7, 11) is -0.936. The van der Waals surface area contributed by atoms with E-state index in [2.05, 4.69) is 4.72 Å². The number of nitrogen functional groups attached to an aromatic ring is 1. The molecule has 1 aromatic carbocycles. The molecule has 0 aromatic heterocycles. The molecule has 7 heteroatoms. The fourth-order valence-corrected chi connectivity index (χ4v) is 1.48. The Balaban J connectivity index is 3.05. The molecule has 0 unspecified atom stereocenters. The summed E-state index contributed by atoms with van der Waals surface area (Å²) in [6.45, 7) is 0. The zero-order valence-electron chi connectivity index (χ0n) is 8.36. The summed E-state index contributed by atoms with van der Waals surface area (Å²) in [6.07, 6.45) is 0. The molecule has 5 nitrogen and oxygen atoms in total. The van der Waals surface area contributed by atoms with E-state index in [-0.39, 0.29) is 11.4 Å². The smallest absolute Gasteiger partial charge is 0.301 e. The molecule has 0 saturated carbocycles. The van der Waals surface area contributed by atoms with E-state index >= 15 is 0 Å². The minimum absolute atomic E-state index is 0.0312. The van der Waals surface area contributed by atoms with Crippen LogP contribution >= 0.6 is 0 Å². The number of nitrogens with two attached hydrogens (primary N) is 1. The van der Waals surface area contributed by atoms with Gasteiger partial charge in [-0.2, -0.15) is 12.7 Å². The van der Waals surface area contributed by atoms with Gasteiger partial charge in [0, 0.05) is 20.2 Å². The molecule has 84 valence electrons. The lowest BCUT2D eigenvalue weighted by atomic mass is 10.3. The average Bonchev–Trinajstić information content (AvgIpc) is 2.10. The topological polar surface area (TPSA) is 75.4 Å². The third kappa shape index (κ3) is 2.80. The molecule has 0 amide bonds. The quantitative estimate of drug-likeness (QED) is 0.752. The second-order valence-corrected chi connectivity index (χ2v) is 5.01. The summed E-state index contributed by atoms with van der Waals surface area (Å²) in [6, 6.07) is 3.47. The van der Waals surface area contributed by atoms with Gasteiger partial charge in [0.15, 0.2) is 0 Å². The van der Waals surface area contributed by atoms with Crippen LogP contribution in [0.1, 0.15) is 0 Å². The Morgan fingerprint density at radius 2 is 2.00 bits per heavy atom. The van der Waals surface area contributed by atoms with Crippen LogP contribution in [0.5, 0.6) is 0 Å². The van der Waals surface area contributed by atoms with Crippen LogP contribution in [0.3, 0.4) is 0 Å². The fraction of sp³-hybridized carbons (Fsp3) is 0.250. The van der Waals surface area contributed by atoms with Gasteiger partial charge >= 0.3 is 10.2 Å². The minimum atomic E-state index is -3.65. The molecule has 0 fully saturated rings. The van der Waals surface area contributed by atoms with Crippen molar-refractivity contribution >= 4 is 21.6 Å². The Morgan fingerprint density at radius 1 is 1.40 bits per heavy atom. The highest BCUT2D eigenvalue weighted by Crippen LogP contribution is 2.20. The van der Waals surface area contributed by atoms with Crippen molar-refractivity contribution in [3.05, 3.63) is 24.0 Å². The monoisotopic (exact) mass is 233 g/mol. The van der Waals surface area contributed by atoms with Crippen molar-refractivity contribution in [2.24, 2.45) is 0 Å². The van der Waals surface area contributed by atoms with E-state index in [1.165, 1.54) is 20.2 Å². The van der Waals surface area contributed by atoms with E-state index in [9.17, 15) is 12.8 Å². The van der Waals surface area contributed by atoms with Crippen LogP contribution < -0.4 is 10.5 Å². The third-order valence-corrected chi connectivity index (χ3v) is 3.17. The largest absolute Gasteiger partial charge is 0.397 e. The summed E-state index contributed by atoms with van der Waals surface area (Å²) in [5, 5.41) is 0. The van der Waals surface area contributed by atoms with Crippen molar-refractivity contribution in [1.29, 1.82) is 0 Å². The Labute approximate surface area is 87.9 Å². The van der Waals surface area contributed by atoms with Gasteiger partial charge in [0.1, 0.15) is 5.82 Å². The number of nitrogens with one attached hydrogen (secondary N) is 1. The number of benzene rings is 1. The second-order valence-electron chi connectivity index (χ2n) is 3.12. The van der Waals surface area contributed by atoms with E-state index in [1.807, 2.05) is 0 Å². The van der Waals surface area contributed by atoms with Crippen LogP contribution in [0.4, 0.5) is 15.8 Å². The highest BCUT2D eigenvalue weighted by molar-refractivity contribution is 7.90. The molecule has 0 bridgehead atoms. The first-order valence-electron chi connectivity index (χ1n) is 4.08. The predicted octanol–water partition coefficient (Wildman–Crippen LogP) is 0.626. The summed E-state index contributed by atoms with van der Waals surface area (Å²) in [5.74, 6) is -0.555. The SMILES string of the molecule is CN(C)S(=O)(=O)Nc1cc(F)ccc1N. The molecule has 3 N–H and O–H groups in total. The fourth-order valence-electron chi connectivity index (χ4n) is 0.847. The molecular weight excluding hydrogens is 221 g/mol. The molecule has 0 spiro atoms. The Kier molecular flexibility index (Phi) is 3.15. The molecule has 0 saturated heterocycles. The van der Waals surface area contributed by atoms with Gasteiger partial charge in [-0.3, -0.25) is 4.72 Å². The van der Waals surface area contributed by atoms with Gasteiger partial charge in [-0.1, -0.05) is 0 Å². The van der Waals surface area contributed by atoms with Gasteiger partial charge in [0.25, 0.3) is 0 Å². The van der Waals surface area contributed by atoms with Crippen molar-refractivity contribution < 1.29 is 12.8 Å². The Hall–Kier alpha value is -1.34. The van der Waals surface area contributed by atoms with E-state index in [0.717, 1.165) is 16.4 Å². The zero-order chi connectivity index (χ0) is 11.6. The minimum Gasteiger partial charge on any atom is -0.397 e. The van der Waals surface area contributed by atoms with Crippen LogP contribution in [-0.2, 0) is 10.2 Å². The van der Waals surface area contributed by atoms with Crippen LogP contribution in [-0.4, -0.2) is 26.8 Å². The number of hydrogen-bond donors (Lipinski definition) is 2. The van der Waals surface area contributed by atoms with Crippen molar-refractivity contribution in [2.75, 3.05) is 24.6 Å². The molecule has 0 aliphatic heterocycles. The van der Waals surface area contributed by atoms with Gasteiger partial charge in [0.05, 0.1) is 11.4 Å². The maximum Gasteiger partial charge on any atom is 0.301 e. The van der Waals surface area contributed by atoms with Crippen molar-refractivity contribution in [3.63, 3.8) is 0 Å². The lowest BCUT2D eigenvalue weighted by molar-refractivity contribution is 0.527. The summed E-state index contributed by atoms with van der Waals surface area (Å²) >= 11 is 0. The average molecular weight is 233 g/mol. The van der Waals surface area contributed by atoms with Gasteiger partial charge in [-0.05, 0) is 12.1 Å².